The highest BCUT2D eigenvalue weighted by Crippen LogP contribution is 2.19. The van der Waals surface area contributed by atoms with Crippen LogP contribution in [0.1, 0.15) is 19.5 Å². The number of aliphatic imine (C=N–C) groups is 1. The molecule has 7 nitrogen and oxygen atoms in total. The number of pyridine rings is 1. The molecule has 27 heavy (non-hydrogen) atoms. The second kappa shape index (κ2) is 10.9. The minimum absolute atomic E-state index is 0.0455. The van der Waals surface area contributed by atoms with E-state index in [1.807, 2.05) is 56.3 Å². The maximum absolute atomic E-state index is 5.92. The molecule has 0 saturated heterocycles. The van der Waals surface area contributed by atoms with Crippen LogP contribution in [0.3, 0.4) is 0 Å². The lowest BCUT2D eigenvalue weighted by molar-refractivity contribution is 0.223. The van der Waals surface area contributed by atoms with Gasteiger partial charge >= 0.3 is 0 Å². The molecule has 1 aromatic carbocycles. The molecular weight excluding hydrogens is 344 g/mol. The van der Waals surface area contributed by atoms with Crippen molar-refractivity contribution in [3.8, 4) is 17.4 Å². The van der Waals surface area contributed by atoms with E-state index >= 15 is 0 Å². The van der Waals surface area contributed by atoms with Gasteiger partial charge in [0.2, 0.25) is 5.88 Å². The largest absolute Gasteiger partial charge is 0.497 e. The quantitative estimate of drug-likeness (QED) is 0.520. The number of methoxy groups -OCH3 is 2. The average molecular weight is 372 g/mol. The molecule has 1 atom stereocenters. The van der Waals surface area contributed by atoms with Crippen LogP contribution in [0.5, 0.6) is 17.4 Å². The molecule has 0 spiro atoms. The van der Waals surface area contributed by atoms with E-state index in [0.29, 0.717) is 24.9 Å². The predicted molar refractivity (Wildman–Crippen MR) is 107 cm³/mol. The molecule has 2 aromatic rings. The highest BCUT2D eigenvalue weighted by Gasteiger charge is 2.07. The zero-order valence-electron chi connectivity index (χ0n) is 16.4. The van der Waals surface area contributed by atoms with E-state index in [2.05, 4.69) is 20.6 Å². The molecule has 1 aromatic heterocycles. The molecule has 2 rings (SSSR count). The van der Waals surface area contributed by atoms with Crippen molar-refractivity contribution in [3.05, 3.63) is 48.2 Å². The zero-order chi connectivity index (χ0) is 19.5. The third-order valence-corrected chi connectivity index (χ3v) is 3.67. The number of aromatic nitrogens is 1. The summed E-state index contributed by atoms with van der Waals surface area (Å²) in [5, 5.41) is 6.51. The van der Waals surface area contributed by atoms with E-state index in [-0.39, 0.29) is 6.10 Å². The van der Waals surface area contributed by atoms with E-state index in [9.17, 15) is 0 Å². The highest BCUT2D eigenvalue weighted by atomic mass is 16.5. The van der Waals surface area contributed by atoms with E-state index in [1.54, 1.807) is 14.2 Å². The molecule has 0 aliphatic carbocycles. The Bertz CT molecular complexity index is 737. The normalized spacial score (nSPS) is 12.2. The van der Waals surface area contributed by atoms with Crippen molar-refractivity contribution in [3.63, 3.8) is 0 Å². The number of ether oxygens (including phenoxy) is 3. The van der Waals surface area contributed by atoms with Crippen LogP contribution in [-0.4, -0.2) is 44.4 Å². The van der Waals surface area contributed by atoms with Crippen molar-refractivity contribution < 1.29 is 14.2 Å². The van der Waals surface area contributed by atoms with Crippen molar-refractivity contribution in [2.45, 2.75) is 26.5 Å². The summed E-state index contributed by atoms with van der Waals surface area (Å²) in [5.74, 6) is 2.84. The molecule has 1 unspecified atom stereocenters. The molecule has 0 radical (unpaired) electrons. The van der Waals surface area contributed by atoms with E-state index in [0.717, 1.165) is 23.7 Å². The summed E-state index contributed by atoms with van der Waals surface area (Å²) in [5.41, 5.74) is 0.840. The lowest BCUT2D eigenvalue weighted by atomic mass is 10.3. The summed E-state index contributed by atoms with van der Waals surface area (Å²) < 4.78 is 16.3. The minimum Gasteiger partial charge on any atom is -0.497 e. The van der Waals surface area contributed by atoms with Crippen LogP contribution in [0.2, 0.25) is 0 Å². The molecule has 146 valence electrons. The summed E-state index contributed by atoms with van der Waals surface area (Å²) in [7, 11) is 3.24. The van der Waals surface area contributed by atoms with Crippen LogP contribution in [0, 0.1) is 0 Å². The molecule has 0 amide bonds. The van der Waals surface area contributed by atoms with Gasteiger partial charge in [-0.3, -0.25) is 0 Å². The topological polar surface area (TPSA) is 77.0 Å². The summed E-state index contributed by atoms with van der Waals surface area (Å²) in [6.07, 6.45) is -0.0455. The highest BCUT2D eigenvalue weighted by molar-refractivity contribution is 5.79. The Morgan fingerprint density at radius 3 is 2.59 bits per heavy atom. The fourth-order valence-electron chi connectivity index (χ4n) is 2.35. The average Bonchev–Trinajstić information content (AvgIpc) is 2.70. The number of hydrogen-bond donors (Lipinski definition) is 2. The number of rotatable bonds is 9. The third kappa shape index (κ3) is 7.05. The molecular formula is C20H28N4O3. The number of guanidine groups is 1. The Kier molecular flexibility index (Phi) is 8.22. The Hall–Kier alpha value is -2.96. The number of benzene rings is 1. The first-order valence-corrected chi connectivity index (χ1v) is 8.97. The molecule has 0 fully saturated rings. The first-order chi connectivity index (χ1) is 13.1. The second-order valence-electron chi connectivity index (χ2n) is 5.85. The van der Waals surface area contributed by atoms with Crippen molar-refractivity contribution in [2.24, 2.45) is 4.99 Å². The SMILES string of the molecule is CCNC(=NCc1cccc(OC)n1)NCC(C)Oc1cccc(OC)c1. The fourth-order valence-corrected chi connectivity index (χ4v) is 2.35. The van der Waals surface area contributed by atoms with E-state index in [4.69, 9.17) is 14.2 Å². The van der Waals surface area contributed by atoms with Crippen LogP contribution >= 0.6 is 0 Å². The zero-order valence-corrected chi connectivity index (χ0v) is 16.4. The summed E-state index contributed by atoms with van der Waals surface area (Å²) in [6.45, 7) is 5.85. The van der Waals surface area contributed by atoms with Crippen LogP contribution in [0.4, 0.5) is 0 Å². The summed E-state index contributed by atoms with van der Waals surface area (Å²) >= 11 is 0. The van der Waals surface area contributed by atoms with Crippen molar-refractivity contribution in [1.29, 1.82) is 0 Å². The first kappa shape index (κ1) is 20.4. The number of hydrogen-bond acceptors (Lipinski definition) is 5. The first-order valence-electron chi connectivity index (χ1n) is 8.97. The van der Waals surface area contributed by atoms with Crippen molar-refractivity contribution >= 4 is 5.96 Å². The maximum atomic E-state index is 5.92. The Morgan fingerprint density at radius 2 is 1.85 bits per heavy atom. The van der Waals surface area contributed by atoms with Crippen LogP contribution in [-0.2, 0) is 6.54 Å². The van der Waals surface area contributed by atoms with Gasteiger partial charge < -0.3 is 24.8 Å². The standard InChI is InChI=1S/C20H28N4O3/c1-5-21-20(23-14-16-8-6-11-19(24-16)26-4)22-13-15(2)27-18-10-7-9-17(12-18)25-3/h6-12,15H,5,13-14H2,1-4H3,(H2,21,22,23). The Morgan fingerprint density at radius 1 is 1.07 bits per heavy atom. The van der Waals surface area contributed by atoms with Gasteiger partial charge in [0.15, 0.2) is 5.96 Å². The summed E-state index contributed by atoms with van der Waals surface area (Å²) in [4.78, 5) is 8.94. The fraction of sp³-hybridized carbons (Fsp3) is 0.400. The van der Waals surface area contributed by atoms with Gasteiger partial charge in [-0.25, -0.2) is 9.98 Å². The van der Waals surface area contributed by atoms with Gasteiger partial charge in [-0.2, -0.15) is 0 Å². The minimum atomic E-state index is -0.0455. The van der Waals surface area contributed by atoms with Crippen molar-refractivity contribution in [1.82, 2.24) is 15.6 Å². The van der Waals surface area contributed by atoms with E-state index in [1.165, 1.54) is 0 Å². The van der Waals surface area contributed by atoms with Gasteiger partial charge in [-0.05, 0) is 32.0 Å². The van der Waals surface area contributed by atoms with Crippen LogP contribution in [0.15, 0.2) is 47.5 Å². The van der Waals surface area contributed by atoms with Gasteiger partial charge in [0, 0.05) is 18.7 Å². The van der Waals surface area contributed by atoms with Crippen molar-refractivity contribution in [2.75, 3.05) is 27.3 Å². The molecule has 0 saturated carbocycles. The monoisotopic (exact) mass is 372 g/mol. The van der Waals surface area contributed by atoms with Gasteiger partial charge in [-0.1, -0.05) is 12.1 Å². The maximum Gasteiger partial charge on any atom is 0.213 e. The lowest BCUT2D eigenvalue weighted by Gasteiger charge is -2.18. The molecule has 0 bridgehead atoms. The lowest BCUT2D eigenvalue weighted by Crippen LogP contribution is -2.41. The molecule has 0 aliphatic rings. The Balaban J connectivity index is 1.90. The van der Waals surface area contributed by atoms with E-state index < -0.39 is 0 Å². The number of nitrogens with zero attached hydrogens (tertiary/aromatic N) is 2. The third-order valence-electron chi connectivity index (χ3n) is 3.67. The van der Waals surface area contributed by atoms with Crippen LogP contribution < -0.4 is 24.8 Å². The van der Waals surface area contributed by atoms with Gasteiger partial charge in [0.1, 0.15) is 17.6 Å². The summed E-state index contributed by atoms with van der Waals surface area (Å²) in [6, 6.07) is 13.2. The molecule has 0 aliphatic heterocycles. The van der Waals surface area contributed by atoms with Gasteiger partial charge in [0.25, 0.3) is 0 Å². The molecule has 7 heteroatoms. The molecule has 2 N–H and O–H groups in total. The van der Waals surface area contributed by atoms with Gasteiger partial charge in [0.05, 0.1) is 33.0 Å². The smallest absolute Gasteiger partial charge is 0.213 e. The second-order valence-corrected chi connectivity index (χ2v) is 5.85. The van der Waals surface area contributed by atoms with Gasteiger partial charge in [-0.15, -0.1) is 0 Å². The van der Waals surface area contributed by atoms with Crippen LogP contribution in [0.25, 0.3) is 0 Å². The Labute approximate surface area is 160 Å². The number of nitrogens with one attached hydrogen (secondary N) is 2. The molecule has 1 heterocycles. The predicted octanol–water partition coefficient (Wildman–Crippen LogP) is 2.62.